The van der Waals surface area contributed by atoms with Crippen molar-refractivity contribution in [2.45, 2.75) is 50.2 Å². The maximum Gasteiger partial charge on any atom is 0.431 e. The van der Waals surface area contributed by atoms with Gasteiger partial charge in [-0.05, 0) is 62.3 Å². The molecule has 5 heterocycles. The van der Waals surface area contributed by atoms with Crippen LogP contribution in [-0.4, -0.2) is 44.1 Å². The summed E-state index contributed by atoms with van der Waals surface area (Å²) in [5.74, 6) is 1.58. The van der Waals surface area contributed by atoms with Crippen molar-refractivity contribution in [3.63, 3.8) is 0 Å². The lowest BCUT2D eigenvalue weighted by Gasteiger charge is -2.34. The summed E-state index contributed by atoms with van der Waals surface area (Å²) in [6, 6.07) is 3.05. The highest BCUT2D eigenvalue weighted by Gasteiger charge is 2.50. The lowest BCUT2D eigenvalue weighted by Crippen LogP contribution is -2.45. The molecule has 4 aromatic heterocycles. The molecule has 2 aliphatic carbocycles. The van der Waals surface area contributed by atoms with E-state index in [1.165, 1.54) is 19.0 Å². The van der Waals surface area contributed by atoms with Crippen molar-refractivity contribution in [1.82, 2.24) is 30.2 Å². The van der Waals surface area contributed by atoms with E-state index in [0.29, 0.717) is 28.2 Å². The van der Waals surface area contributed by atoms with Crippen LogP contribution in [0.3, 0.4) is 0 Å². The van der Waals surface area contributed by atoms with Crippen molar-refractivity contribution in [3.05, 3.63) is 42.0 Å². The molecule has 1 spiro atoms. The maximum atomic E-state index is 13.4. The monoisotopic (exact) mass is 479 g/mol. The van der Waals surface area contributed by atoms with Gasteiger partial charge in [0.05, 0.1) is 11.7 Å². The molecule has 1 unspecified atom stereocenters. The minimum Gasteiger partial charge on any atom is -0.366 e. The van der Waals surface area contributed by atoms with E-state index in [0.717, 1.165) is 55.2 Å². The molecule has 1 saturated heterocycles. The van der Waals surface area contributed by atoms with Crippen molar-refractivity contribution in [3.8, 4) is 11.4 Å². The molecule has 10 heteroatoms. The molecule has 0 bridgehead atoms. The molecular weight excluding hydrogens is 455 g/mol. The molecule has 3 fully saturated rings. The van der Waals surface area contributed by atoms with Gasteiger partial charge in [0.1, 0.15) is 17.2 Å². The summed E-state index contributed by atoms with van der Waals surface area (Å²) in [4.78, 5) is 20.7. The Kier molecular flexibility index (Phi) is 4.43. The van der Waals surface area contributed by atoms with E-state index in [2.05, 4.69) is 25.6 Å². The van der Waals surface area contributed by atoms with Crippen LogP contribution in [0.25, 0.3) is 33.3 Å². The Morgan fingerprint density at radius 2 is 1.94 bits per heavy atom. The number of aromatic nitrogens is 5. The smallest absolute Gasteiger partial charge is 0.366 e. The topological polar surface area (TPSA) is 91.4 Å². The first-order chi connectivity index (χ1) is 16.9. The van der Waals surface area contributed by atoms with E-state index >= 15 is 0 Å². The number of pyridine rings is 2. The molecule has 3 aliphatic rings. The number of hydrogen-bond acceptors (Lipinski definition) is 6. The fourth-order valence-corrected chi connectivity index (χ4v) is 5.50. The Labute approximate surface area is 199 Å². The fraction of sp³-hybridized carbons (Fsp3) is 0.440. The standard InChI is InChI=1S/C25H24F3N7/c26-25(27,28)19-9-15-14(3-8-31-21(15)34-19)22-32-17-11-30-10-16(13-1-2-13)20(17)23(35-22)33-18-4-7-29-12-24(18)5-6-24/h3,8-11,13,18,29H,1-2,4-7,12H2,(H,31,34)(H,32,33,35). The van der Waals surface area contributed by atoms with Crippen LogP contribution in [-0.2, 0) is 6.18 Å². The predicted octanol–water partition coefficient (Wildman–Crippen LogP) is 5.02. The second-order valence-corrected chi connectivity index (χ2v) is 10.1. The molecule has 0 amide bonds. The van der Waals surface area contributed by atoms with Crippen molar-refractivity contribution in [2.75, 3.05) is 18.4 Å². The van der Waals surface area contributed by atoms with Crippen LogP contribution >= 0.6 is 0 Å². The van der Waals surface area contributed by atoms with Gasteiger partial charge in [-0.15, -0.1) is 0 Å². The minimum absolute atomic E-state index is 0.160. The number of H-pyrrole nitrogens is 1. The van der Waals surface area contributed by atoms with E-state index in [1.807, 2.05) is 6.20 Å². The van der Waals surface area contributed by atoms with Gasteiger partial charge in [0, 0.05) is 46.7 Å². The average Bonchev–Trinajstić information content (AvgIpc) is 3.77. The Morgan fingerprint density at radius 3 is 2.71 bits per heavy atom. The van der Waals surface area contributed by atoms with Crippen molar-refractivity contribution < 1.29 is 13.2 Å². The van der Waals surface area contributed by atoms with E-state index < -0.39 is 11.9 Å². The van der Waals surface area contributed by atoms with Gasteiger partial charge in [-0.2, -0.15) is 13.2 Å². The molecule has 7 rings (SSSR count). The summed E-state index contributed by atoms with van der Waals surface area (Å²) in [5.41, 5.74) is 1.93. The molecule has 0 aromatic carbocycles. The Hall–Kier alpha value is -3.27. The Bertz CT molecular complexity index is 1450. The number of alkyl halides is 3. The van der Waals surface area contributed by atoms with Gasteiger partial charge in [0.15, 0.2) is 5.82 Å². The van der Waals surface area contributed by atoms with Crippen LogP contribution in [0.1, 0.15) is 49.3 Å². The molecule has 35 heavy (non-hydrogen) atoms. The number of anilines is 1. The van der Waals surface area contributed by atoms with E-state index in [9.17, 15) is 13.2 Å². The highest BCUT2D eigenvalue weighted by molar-refractivity contribution is 5.97. The van der Waals surface area contributed by atoms with Gasteiger partial charge >= 0.3 is 6.18 Å². The summed E-state index contributed by atoms with van der Waals surface area (Å²) >= 11 is 0. The van der Waals surface area contributed by atoms with E-state index in [1.54, 1.807) is 12.3 Å². The fourth-order valence-electron chi connectivity index (χ4n) is 5.50. The number of fused-ring (bicyclic) bond motifs is 2. The van der Waals surface area contributed by atoms with Crippen molar-refractivity contribution in [2.24, 2.45) is 5.41 Å². The molecule has 3 N–H and O–H groups in total. The second-order valence-electron chi connectivity index (χ2n) is 10.1. The molecule has 1 aliphatic heterocycles. The molecular formula is C25H24F3N7. The third-order valence-corrected chi connectivity index (χ3v) is 7.76. The molecule has 4 aromatic rings. The number of rotatable bonds is 4. The van der Waals surface area contributed by atoms with Gasteiger partial charge in [0.25, 0.3) is 0 Å². The maximum absolute atomic E-state index is 13.4. The number of hydrogen-bond donors (Lipinski definition) is 3. The largest absolute Gasteiger partial charge is 0.431 e. The lowest BCUT2D eigenvalue weighted by atomic mass is 9.90. The van der Waals surface area contributed by atoms with Gasteiger partial charge < -0.3 is 15.6 Å². The minimum atomic E-state index is -4.49. The van der Waals surface area contributed by atoms with E-state index in [-0.39, 0.29) is 17.1 Å². The molecule has 0 radical (unpaired) electrons. The lowest BCUT2D eigenvalue weighted by molar-refractivity contribution is -0.140. The molecule has 2 saturated carbocycles. The third kappa shape index (κ3) is 3.53. The van der Waals surface area contributed by atoms with Crippen LogP contribution in [0.4, 0.5) is 19.0 Å². The summed E-state index contributed by atoms with van der Waals surface area (Å²) in [7, 11) is 0. The number of nitrogens with zero attached hydrogens (tertiary/aromatic N) is 4. The first kappa shape index (κ1) is 21.0. The van der Waals surface area contributed by atoms with Crippen LogP contribution < -0.4 is 10.6 Å². The third-order valence-electron chi connectivity index (χ3n) is 7.76. The SMILES string of the molecule is FC(F)(F)c1cc2c(-c3nc(NC4CCNCC45CC5)c4c(C5CC5)cncc4n3)ccnc2[nH]1. The first-order valence-corrected chi connectivity index (χ1v) is 12.1. The highest BCUT2D eigenvalue weighted by Crippen LogP contribution is 2.52. The van der Waals surface area contributed by atoms with Gasteiger partial charge in [-0.25, -0.2) is 15.0 Å². The molecule has 1 atom stereocenters. The summed E-state index contributed by atoms with van der Waals surface area (Å²) in [6.07, 6.45) is 6.22. The van der Waals surface area contributed by atoms with Gasteiger partial charge in [0.2, 0.25) is 0 Å². The van der Waals surface area contributed by atoms with Crippen LogP contribution in [0.15, 0.2) is 30.7 Å². The van der Waals surface area contributed by atoms with Crippen LogP contribution in [0.5, 0.6) is 0 Å². The number of aromatic amines is 1. The average molecular weight is 480 g/mol. The van der Waals surface area contributed by atoms with Crippen molar-refractivity contribution >= 4 is 27.8 Å². The summed E-state index contributed by atoms with van der Waals surface area (Å²) in [6.45, 7) is 1.94. The summed E-state index contributed by atoms with van der Waals surface area (Å²) < 4.78 is 40.2. The number of piperidine rings is 1. The normalized spacial score (nSPS) is 21.6. The highest BCUT2D eigenvalue weighted by atomic mass is 19.4. The quantitative estimate of drug-likeness (QED) is 0.381. The Morgan fingerprint density at radius 1 is 1.09 bits per heavy atom. The molecule has 7 nitrogen and oxygen atoms in total. The second kappa shape index (κ2) is 7.36. The van der Waals surface area contributed by atoms with Gasteiger partial charge in [-0.3, -0.25) is 4.98 Å². The number of halogens is 3. The zero-order chi connectivity index (χ0) is 23.8. The Balaban J connectivity index is 1.40. The zero-order valence-electron chi connectivity index (χ0n) is 18.9. The van der Waals surface area contributed by atoms with Crippen molar-refractivity contribution in [1.29, 1.82) is 0 Å². The van der Waals surface area contributed by atoms with E-state index in [4.69, 9.17) is 9.97 Å². The van der Waals surface area contributed by atoms with Gasteiger partial charge in [-0.1, -0.05) is 0 Å². The molecule has 180 valence electrons. The zero-order valence-corrected chi connectivity index (χ0v) is 18.9. The van der Waals surface area contributed by atoms with Crippen LogP contribution in [0.2, 0.25) is 0 Å². The predicted molar refractivity (Wildman–Crippen MR) is 126 cm³/mol. The number of nitrogens with one attached hydrogen (secondary N) is 3. The first-order valence-electron chi connectivity index (χ1n) is 12.1. The summed E-state index contributed by atoms with van der Waals surface area (Å²) in [5, 5.41) is 8.61. The van der Waals surface area contributed by atoms with Crippen LogP contribution in [0, 0.1) is 5.41 Å².